The van der Waals surface area contributed by atoms with Crippen molar-refractivity contribution in [1.82, 2.24) is 19.9 Å². The van der Waals surface area contributed by atoms with Crippen molar-refractivity contribution in [3.8, 4) is 5.75 Å². The average molecular weight is 398 g/mol. The predicted octanol–water partition coefficient (Wildman–Crippen LogP) is 4.85. The van der Waals surface area contributed by atoms with Crippen LogP contribution in [-0.4, -0.2) is 33.6 Å². The molecule has 0 amide bonds. The van der Waals surface area contributed by atoms with Crippen molar-refractivity contribution in [3.63, 3.8) is 0 Å². The van der Waals surface area contributed by atoms with Gasteiger partial charge in [0, 0.05) is 47.1 Å². The maximum Gasteiger partial charge on any atom is 0.224 e. The normalized spacial score (nSPS) is 11.1. The molecule has 5 aromatic rings. The van der Waals surface area contributed by atoms with Gasteiger partial charge in [0.1, 0.15) is 11.6 Å². The molecule has 4 N–H and O–H groups in total. The molecule has 0 aliphatic carbocycles. The highest BCUT2D eigenvalue weighted by molar-refractivity contribution is 5.88. The van der Waals surface area contributed by atoms with Crippen molar-refractivity contribution in [2.24, 2.45) is 0 Å². The second-order valence-electron chi connectivity index (χ2n) is 7.04. The number of nitrogens with one attached hydrogen (secondary N) is 4. The summed E-state index contributed by atoms with van der Waals surface area (Å²) >= 11 is 0. The molecule has 0 bridgehead atoms. The largest absolute Gasteiger partial charge is 0.495 e. The molecule has 0 aliphatic heterocycles. The Morgan fingerprint density at radius 2 is 2.03 bits per heavy atom. The fourth-order valence-corrected chi connectivity index (χ4v) is 3.66. The van der Waals surface area contributed by atoms with Crippen molar-refractivity contribution in [3.05, 3.63) is 72.7 Å². The number of aromatic nitrogens is 4. The molecule has 0 fully saturated rings. The molecule has 150 valence electrons. The first-order chi connectivity index (χ1) is 14.8. The molecule has 0 unspecified atom stereocenters. The van der Waals surface area contributed by atoms with Gasteiger partial charge in [-0.25, -0.2) is 4.98 Å². The van der Waals surface area contributed by atoms with Gasteiger partial charge in [-0.2, -0.15) is 4.98 Å². The summed E-state index contributed by atoms with van der Waals surface area (Å²) in [6, 6.07) is 16.1. The predicted molar refractivity (Wildman–Crippen MR) is 121 cm³/mol. The van der Waals surface area contributed by atoms with E-state index < -0.39 is 0 Å². The van der Waals surface area contributed by atoms with Crippen molar-refractivity contribution in [1.29, 1.82) is 0 Å². The first kappa shape index (κ1) is 18.1. The second kappa shape index (κ2) is 7.79. The topological polar surface area (TPSA) is 90.7 Å². The number of hydrogen-bond donors (Lipinski definition) is 4. The van der Waals surface area contributed by atoms with Crippen LogP contribution in [0.5, 0.6) is 5.75 Å². The Labute approximate surface area is 173 Å². The van der Waals surface area contributed by atoms with Crippen LogP contribution in [0.3, 0.4) is 0 Å². The van der Waals surface area contributed by atoms with Gasteiger partial charge in [0.2, 0.25) is 5.95 Å². The zero-order valence-corrected chi connectivity index (χ0v) is 16.6. The molecule has 0 radical (unpaired) electrons. The van der Waals surface area contributed by atoms with Crippen molar-refractivity contribution >= 4 is 39.3 Å². The van der Waals surface area contributed by atoms with Crippen LogP contribution < -0.4 is 15.4 Å². The third-order valence-corrected chi connectivity index (χ3v) is 5.14. The summed E-state index contributed by atoms with van der Waals surface area (Å²) in [6.45, 7) is 0.725. The lowest BCUT2D eigenvalue weighted by atomic mass is 10.1. The molecule has 5 rings (SSSR count). The van der Waals surface area contributed by atoms with E-state index in [4.69, 9.17) is 4.74 Å². The maximum absolute atomic E-state index is 5.42. The Morgan fingerprint density at radius 3 is 2.97 bits per heavy atom. The van der Waals surface area contributed by atoms with Crippen LogP contribution in [0.25, 0.3) is 21.8 Å². The van der Waals surface area contributed by atoms with Crippen LogP contribution in [0.4, 0.5) is 17.5 Å². The van der Waals surface area contributed by atoms with Gasteiger partial charge in [-0.05, 0) is 48.4 Å². The molecule has 0 saturated carbocycles. The van der Waals surface area contributed by atoms with Crippen molar-refractivity contribution < 1.29 is 4.74 Å². The van der Waals surface area contributed by atoms with Crippen LogP contribution in [-0.2, 0) is 6.42 Å². The van der Waals surface area contributed by atoms with Gasteiger partial charge >= 0.3 is 0 Å². The monoisotopic (exact) mass is 398 g/mol. The summed E-state index contributed by atoms with van der Waals surface area (Å²) in [4.78, 5) is 15.4. The first-order valence-electron chi connectivity index (χ1n) is 9.84. The summed E-state index contributed by atoms with van der Waals surface area (Å²) in [5.41, 5.74) is 4.35. The van der Waals surface area contributed by atoms with Crippen LogP contribution in [0.15, 0.2) is 67.1 Å². The molecule has 30 heavy (non-hydrogen) atoms. The SMILES string of the molecule is COc1cccc2c(CCNc3nccc(Nc4ccc5[nH]ccc5c4)n3)c[nH]c12. The van der Waals surface area contributed by atoms with Crippen LogP contribution in [0, 0.1) is 0 Å². The van der Waals surface area contributed by atoms with Crippen molar-refractivity contribution in [2.75, 3.05) is 24.3 Å². The molecule has 0 spiro atoms. The summed E-state index contributed by atoms with van der Waals surface area (Å²) in [6.07, 6.45) is 6.57. The molecule has 2 aromatic carbocycles. The smallest absolute Gasteiger partial charge is 0.224 e. The highest BCUT2D eigenvalue weighted by Gasteiger charge is 2.08. The standard InChI is InChI=1S/C23H22N6O/c1-30-20-4-2-3-18-16(14-27-22(18)20)8-11-25-23-26-12-9-21(29-23)28-17-5-6-19-15(13-17)7-10-24-19/h2-7,9-10,12-14,24,27H,8,11H2,1H3,(H2,25,26,28,29). The van der Waals surface area contributed by atoms with E-state index >= 15 is 0 Å². The Morgan fingerprint density at radius 1 is 1.07 bits per heavy atom. The summed E-state index contributed by atoms with van der Waals surface area (Å²) < 4.78 is 5.42. The number of methoxy groups -OCH3 is 1. The molecule has 7 heteroatoms. The number of ether oxygens (including phenoxy) is 1. The molecule has 3 aromatic heterocycles. The number of benzene rings is 2. The highest BCUT2D eigenvalue weighted by atomic mass is 16.5. The fourth-order valence-electron chi connectivity index (χ4n) is 3.66. The number of nitrogens with zero attached hydrogens (tertiary/aromatic N) is 2. The maximum atomic E-state index is 5.42. The van der Waals surface area contributed by atoms with Gasteiger partial charge in [-0.15, -0.1) is 0 Å². The third-order valence-electron chi connectivity index (χ3n) is 5.14. The number of fused-ring (bicyclic) bond motifs is 2. The van der Waals surface area contributed by atoms with Crippen LogP contribution >= 0.6 is 0 Å². The molecule has 7 nitrogen and oxygen atoms in total. The van der Waals surface area contributed by atoms with E-state index in [9.17, 15) is 0 Å². The van der Waals surface area contributed by atoms with Gasteiger partial charge in [-0.3, -0.25) is 0 Å². The fraction of sp³-hybridized carbons (Fsp3) is 0.130. The Hall–Kier alpha value is -4.00. The molecule has 0 aliphatic rings. The minimum atomic E-state index is 0.597. The number of para-hydroxylation sites is 1. The first-order valence-corrected chi connectivity index (χ1v) is 9.84. The lowest BCUT2D eigenvalue weighted by molar-refractivity contribution is 0.419. The van der Waals surface area contributed by atoms with Gasteiger partial charge in [0.25, 0.3) is 0 Å². The molecule has 0 atom stereocenters. The third kappa shape index (κ3) is 3.53. The number of hydrogen-bond acceptors (Lipinski definition) is 5. The van der Waals surface area contributed by atoms with E-state index in [-0.39, 0.29) is 0 Å². The summed E-state index contributed by atoms with van der Waals surface area (Å²) in [5.74, 6) is 2.20. The zero-order valence-electron chi connectivity index (χ0n) is 16.6. The van der Waals surface area contributed by atoms with Crippen LogP contribution in [0.1, 0.15) is 5.56 Å². The summed E-state index contributed by atoms with van der Waals surface area (Å²) in [7, 11) is 1.69. The van der Waals surface area contributed by atoms with E-state index in [1.54, 1.807) is 13.3 Å². The van der Waals surface area contributed by atoms with E-state index in [0.717, 1.165) is 46.6 Å². The quantitative estimate of drug-likeness (QED) is 0.315. The van der Waals surface area contributed by atoms with Gasteiger partial charge in [0.15, 0.2) is 0 Å². The lowest BCUT2D eigenvalue weighted by Crippen LogP contribution is -2.08. The minimum absolute atomic E-state index is 0.597. The van der Waals surface area contributed by atoms with Crippen molar-refractivity contribution in [2.45, 2.75) is 6.42 Å². The number of H-pyrrole nitrogens is 2. The van der Waals surface area contributed by atoms with E-state index in [1.165, 1.54) is 10.9 Å². The molecule has 3 heterocycles. The molecule has 0 saturated heterocycles. The van der Waals surface area contributed by atoms with Gasteiger partial charge in [-0.1, -0.05) is 12.1 Å². The zero-order chi connectivity index (χ0) is 20.3. The van der Waals surface area contributed by atoms with Gasteiger partial charge in [0.05, 0.1) is 12.6 Å². The van der Waals surface area contributed by atoms with E-state index in [0.29, 0.717) is 5.95 Å². The molecular weight excluding hydrogens is 376 g/mol. The van der Waals surface area contributed by atoms with Gasteiger partial charge < -0.3 is 25.3 Å². The number of rotatable bonds is 7. The number of anilines is 3. The second-order valence-corrected chi connectivity index (χ2v) is 7.04. The Kier molecular flexibility index (Phi) is 4.69. The average Bonchev–Trinajstić information content (AvgIpc) is 3.41. The highest BCUT2D eigenvalue weighted by Crippen LogP contribution is 2.27. The Balaban J connectivity index is 1.25. The lowest BCUT2D eigenvalue weighted by Gasteiger charge is -2.09. The van der Waals surface area contributed by atoms with E-state index in [2.05, 4.69) is 42.7 Å². The van der Waals surface area contributed by atoms with E-state index in [1.807, 2.05) is 48.8 Å². The van der Waals surface area contributed by atoms with Crippen LogP contribution in [0.2, 0.25) is 0 Å². The Bertz CT molecular complexity index is 1310. The molecular formula is C23H22N6O. The minimum Gasteiger partial charge on any atom is -0.495 e. The summed E-state index contributed by atoms with van der Waals surface area (Å²) in [5, 5.41) is 8.99. The number of aromatic amines is 2.